The molecule has 15 heavy (non-hydrogen) atoms. The van der Waals surface area contributed by atoms with Gasteiger partial charge in [0.05, 0.1) is 10.8 Å². The molecule has 0 saturated heterocycles. The molecule has 0 aliphatic rings. The summed E-state index contributed by atoms with van der Waals surface area (Å²) < 4.78 is 5.22. The molecule has 0 unspecified atom stereocenters. The van der Waals surface area contributed by atoms with Crippen molar-refractivity contribution >= 4 is 29.1 Å². The summed E-state index contributed by atoms with van der Waals surface area (Å²) in [6, 6.07) is 7.16. The fraction of sp³-hybridized carbons (Fsp3) is 0.100. The van der Waals surface area contributed by atoms with E-state index in [1.807, 2.05) is 12.1 Å². The van der Waals surface area contributed by atoms with Crippen LogP contribution in [-0.2, 0) is 5.75 Å². The highest BCUT2D eigenvalue weighted by Crippen LogP contribution is 2.24. The van der Waals surface area contributed by atoms with Gasteiger partial charge in [-0.3, -0.25) is 0 Å². The molecule has 0 spiro atoms. The van der Waals surface area contributed by atoms with Gasteiger partial charge >= 0.3 is 0 Å². The maximum Gasteiger partial charge on any atom is 0.193 e. The topological polar surface area (TPSA) is 52.0 Å². The van der Waals surface area contributed by atoms with Crippen LogP contribution in [0, 0.1) is 0 Å². The average Bonchev–Trinajstić information content (AvgIpc) is 2.62. The zero-order chi connectivity index (χ0) is 10.7. The fourth-order valence-corrected chi connectivity index (χ4v) is 2.04. The van der Waals surface area contributed by atoms with E-state index in [1.54, 1.807) is 30.1 Å². The summed E-state index contributed by atoms with van der Waals surface area (Å²) in [7, 11) is 0. The fourth-order valence-electron chi connectivity index (χ4n) is 1.08. The van der Waals surface area contributed by atoms with Gasteiger partial charge in [-0.1, -0.05) is 11.8 Å². The number of hydrogen-bond acceptors (Lipinski definition) is 4. The second-order valence-corrected chi connectivity index (χ2v) is 4.29. The van der Waals surface area contributed by atoms with E-state index >= 15 is 0 Å². The molecule has 0 aliphatic carbocycles. The summed E-state index contributed by atoms with van der Waals surface area (Å²) in [4.78, 5) is 4.17. The largest absolute Gasteiger partial charge is 0.449 e. The lowest BCUT2D eigenvalue weighted by molar-refractivity contribution is 0.532. The Morgan fingerprint density at radius 2 is 2.27 bits per heavy atom. The number of furan rings is 1. The van der Waals surface area contributed by atoms with Crippen molar-refractivity contribution in [2.75, 3.05) is 5.73 Å². The van der Waals surface area contributed by atoms with Gasteiger partial charge in [-0.25, -0.2) is 4.98 Å². The molecule has 2 N–H and O–H groups in total. The van der Waals surface area contributed by atoms with Gasteiger partial charge in [-0.2, -0.15) is 0 Å². The summed E-state index contributed by atoms with van der Waals surface area (Å²) in [5, 5.41) is 1.29. The van der Waals surface area contributed by atoms with Crippen LogP contribution in [0.4, 0.5) is 5.69 Å². The van der Waals surface area contributed by atoms with Gasteiger partial charge in [0.1, 0.15) is 5.76 Å². The number of rotatable bonds is 3. The zero-order valence-corrected chi connectivity index (χ0v) is 9.39. The van der Waals surface area contributed by atoms with Crippen molar-refractivity contribution in [2.45, 2.75) is 10.8 Å². The van der Waals surface area contributed by atoms with E-state index in [0.29, 0.717) is 16.7 Å². The number of nitrogens with two attached hydrogens (primary N) is 1. The summed E-state index contributed by atoms with van der Waals surface area (Å²) in [6.45, 7) is 0. The first-order chi connectivity index (χ1) is 7.24. The molecule has 0 radical (unpaired) electrons. The van der Waals surface area contributed by atoms with Crippen molar-refractivity contribution in [3.63, 3.8) is 0 Å². The Hall–Kier alpha value is -1.13. The minimum atomic E-state index is 0.408. The average molecular weight is 241 g/mol. The summed E-state index contributed by atoms with van der Waals surface area (Å²) >= 11 is 7.21. The van der Waals surface area contributed by atoms with Gasteiger partial charge < -0.3 is 10.2 Å². The van der Waals surface area contributed by atoms with E-state index in [9.17, 15) is 0 Å². The molecule has 3 nitrogen and oxygen atoms in total. The molecule has 0 saturated carbocycles. The predicted molar refractivity (Wildman–Crippen MR) is 61.9 cm³/mol. The Morgan fingerprint density at radius 3 is 2.93 bits per heavy atom. The van der Waals surface area contributed by atoms with Crippen molar-refractivity contribution in [3.05, 3.63) is 41.4 Å². The van der Waals surface area contributed by atoms with Crippen molar-refractivity contribution in [2.24, 2.45) is 0 Å². The first kappa shape index (κ1) is 10.4. The molecule has 2 heterocycles. The molecule has 5 heteroatoms. The first-order valence-electron chi connectivity index (χ1n) is 4.32. The predicted octanol–water partition coefficient (Wildman–Crippen LogP) is 3.20. The Morgan fingerprint density at radius 1 is 1.40 bits per heavy atom. The summed E-state index contributed by atoms with van der Waals surface area (Å²) in [5.41, 5.74) is 6.35. The number of hydrogen-bond donors (Lipinski definition) is 1. The van der Waals surface area contributed by atoms with Crippen LogP contribution in [-0.4, -0.2) is 4.98 Å². The van der Waals surface area contributed by atoms with Crippen molar-refractivity contribution in [1.29, 1.82) is 0 Å². The van der Waals surface area contributed by atoms with E-state index in [0.717, 1.165) is 10.8 Å². The van der Waals surface area contributed by atoms with Crippen LogP contribution in [0.5, 0.6) is 0 Å². The quantitative estimate of drug-likeness (QED) is 0.837. The minimum Gasteiger partial charge on any atom is -0.449 e. The highest BCUT2D eigenvalue weighted by molar-refractivity contribution is 7.98. The van der Waals surface area contributed by atoms with Gasteiger partial charge in [0.2, 0.25) is 0 Å². The van der Waals surface area contributed by atoms with E-state index in [-0.39, 0.29) is 0 Å². The third kappa shape index (κ3) is 2.91. The summed E-state index contributed by atoms with van der Waals surface area (Å²) in [5.74, 6) is 1.53. The van der Waals surface area contributed by atoms with Crippen LogP contribution < -0.4 is 5.73 Å². The summed E-state index contributed by atoms with van der Waals surface area (Å²) in [6.07, 6.45) is 1.69. The van der Waals surface area contributed by atoms with Crippen LogP contribution in [0.2, 0.25) is 5.22 Å². The molecule has 0 aromatic carbocycles. The highest BCUT2D eigenvalue weighted by Gasteiger charge is 2.02. The molecule has 0 atom stereocenters. The van der Waals surface area contributed by atoms with Gasteiger partial charge in [-0.05, 0) is 35.9 Å². The number of halogens is 1. The maximum atomic E-state index is 5.66. The molecule has 0 aliphatic heterocycles. The number of nitrogen functional groups attached to an aromatic ring is 1. The molecule has 2 aromatic heterocycles. The number of pyridine rings is 1. The van der Waals surface area contributed by atoms with Crippen molar-refractivity contribution in [1.82, 2.24) is 4.98 Å². The lowest BCUT2D eigenvalue weighted by Crippen LogP contribution is -1.87. The molecule has 78 valence electrons. The van der Waals surface area contributed by atoms with Gasteiger partial charge in [-0.15, -0.1) is 0 Å². The lowest BCUT2D eigenvalue weighted by atomic mass is 10.4. The monoisotopic (exact) mass is 240 g/mol. The third-order valence-corrected chi connectivity index (χ3v) is 2.90. The highest BCUT2D eigenvalue weighted by atomic mass is 35.5. The minimum absolute atomic E-state index is 0.408. The van der Waals surface area contributed by atoms with Crippen LogP contribution in [0.1, 0.15) is 5.76 Å². The van der Waals surface area contributed by atoms with Crippen LogP contribution >= 0.6 is 23.4 Å². The second kappa shape index (κ2) is 4.59. The van der Waals surface area contributed by atoms with Crippen LogP contribution in [0.25, 0.3) is 0 Å². The Balaban J connectivity index is 1.99. The molecular weight excluding hydrogens is 232 g/mol. The lowest BCUT2D eigenvalue weighted by Gasteiger charge is -1.99. The number of thioether (sulfide) groups is 1. The maximum absolute atomic E-state index is 5.66. The number of anilines is 1. The molecule has 0 amide bonds. The van der Waals surface area contributed by atoms with Gasteiger partial charge in [0.25, 0.3) is 0 Å². The first-order valence-corrected chi connectivity index (χ1v) is 5.69. The second-order valence-electron chi connectivity index (χ2n) is 2.92. The third-order valence-electron chi connectivity index (χ3n) is 1.75. The molecular formula is C10H9ClN2OS. The van der Waals surface area contributed by atoms with E-state index < -0.39 is 0 Å². The van der Waals surface area contributed by atoms with Crippen molar-refractivity contribution in [3.8, 4) is 0 Å². The van der Waals surface area contributed by atoms with Crippen LogP contribution in [0.3, 0.4) is 0 Å². The van der Waals surface area contributed by atoms with Crippen LogP contribution in [0.15, 0.2) is 39.9 Å². The van der Waals surface area contributed by atoms with E-state index in [1.165, 1.54) is 0 Å². The molecule has 2 aromatic rings. The van der Waals surface area contributed by atoms with E-state index in [4.69, 9.17) is 21.8 Å². The Labute approximate surface area is 96.6 Å². The molecule has 0 fully saturated rings. The van der Waals surface area contributed by atoms with Gasteiger partial charge in [0, 0.05) is 11.9 Å². The van der Waals surface area contributed by atoms with Crippen molar-refractivity contribution < 1.29 is 4.42 Å². The standard InChI is InChI=1S/C10H9ClN2OS/c11-9-2-1-8(14-9)6-15-10-5-7(12)3-4-13-10/h1-5H,6H2,(H2,12,13). The molecule has 2 rings (SSSR count). The SMILES string of the molecule is Nc1ccnc(SCc2ccc(Cl)o2)c1. The smallest absolute Gasteiger partial charge is 0.193 e. The Kier molecular flexibility index (Phi) is 3.18. The number of aromatic nitrogens is 1. The number of nitrogens with zero attached hydrogens (tertiary/aromatic N) is 1. The normalized spacial score (nSPS) is 10.5. The zero-order valence-electron chi connectivity index (χ0n) is 7.81. The Bertz CT molecular complexity index is 458. The van der Waals surface area contributed by atoms with Gasteiger partial charge in [0.15, 0.2) is 5.22 Å². The molecule has 0 bridgehead atoms. The van der Waals surface area contributed by atoms with E-state index in [2.05, 4.69) is 4.98 Å².